The highest BCUT2D eigenvalue weighted by molar-refractivity contribution is 5.92. The minimum absolute atomic E-state index is 0.121. The fraction of sp³-hybridized carbons (Fsp3) is 0.435. The van der Waals surface area contributed by atoms with E-state index < -0.39 is 0 Å². The van der Waals surface area contributed by atoms with Crippen LogP contribution in [0, 0.1) is 0 Å². The number of piperazine rings is 1. The zero-order valence-electron chi connectivity index (χ0n) is 16.9. The second-order valence-corrected chi connectivity index (χ2v) is 7.50. The van der Waals surface area contributed by atoms with Crippen molar-refractivity contribution < 1.29 is 19.3 Å². The molecule has 2 aromatic carbocycles. The predicted octanol–water partition coefficient (Wildman–Crippen LogP) is 0.440. The quantitative estimate of drug-likeness (QED) is 0.551. The summed E-state index contributed by atoms with van der Waals surface area (Å²) >= 11 is 0. The van der Waals surface area contributed by atoms with Crippen molar-refractivity contribution in [1.29, 1.82) is 0 Å². The number of nitrogens with one attached hydrogen (secondary N) is 3. The Kier molecular flexibility index (Phi) is 7.88. The van der Waals surface area contributed by atoms with Gasteiger partial charge in [-0.15, -0.1) is 0 Å². The number of rotatable bonds is 9. The van der Waals surface area contributed by atoms with E-state index in [2.05, 4.69) is 18.3 Å². The highest BCUT2D eigenvalue weighted by Gasteiger charge is 2.24. The van der Waals surface area contributed by atoms with Gasteiger partial charge in [0.2, 0.25) is 0 Å². The first-order chi connectivity index (χ1) is 13.7. The molecule has 1 fully saturated rings. The van der Waals surface area contributed by atoms with Crippen LogP contribution in [0.4, 0.5) is 5.69 Å². The molecule has 0 atom stereocenters. The standard InChI is InChI=1S/C23H31N3O2/c1-2-20-9-6-7-12-22(20)24-23(27)19-26-16-14-25(15-17-26)13-8-18-28-21-10-4-3-5-11-21/h3-7,9-12H,2,8,13-19H2,1H3,(H,24,27)/p+2. The van der Waals surface area contributed by atoms with Crippen molar-refractivity contribution in [3.8, 4) is 5.75 Å². The molecule has 1 amide bonds. The normalized spacial score (nSPS) is 19.2. The molecule has 0 unspecified atom stereocenters. The van der Waals surface area contributed by atoms with Crippen LogP contribution in [0.25, 0.3) is 0 Å². The van der Waals surface area contributed by atoms with Crippen LogP contribution in [-0.4, -0.2) is 51.8 Å². The molecule has 1 aliphatic rings. The van der Waals surface area contributed by atoms with Crippen molar-refractivity contribution in [3.63, 3.8) is 0 Å². The molecule has 1 heterocycles. The summed E-state index contributed by atoms with van der Waals surface area (Å²) in [5, 5.41) is 3.09. The zero-order chi connectivity index (χ0) is 19.6. The monoisotopic (exact) mass is 383 g/mol. The van der Waals surface area contributed by atoms with Crippen LogP contribution in [0.2, 0.25) is 0 Å². The van der Waals surface area contributed by atoms with Gasteiger partial charge in [-0.3, -0.25) is 4.79 Å². The van der Waals surface area contributed by atoms with Gasteiger partial charge in [-0.05, 0) is 30.2 Å². The zero-order valence-corrected chi connectivity index (χ0v) is 16.9. The lowest BCUT2D eigenvalue weighted by atomic mass is 10.1. The van der Waals surface area contributed by atoms with Crippen molar-refractivity contribution in [2.75, 3.05) is 51.2 Å². The number of benzene rings is 2. The van der Waals surface area contributed by atoms with Gasteiger partial charge in [-0.25, -0.2) is 0 Å². The van der Waals surface area contributed by atoms with E-state index in [-0.39, 0.29) is 5.91 Å². The lowest BCUT2D eigenvalue weighted by molar-refractivity contribution is -1.01. The van der Waals surface area contributed by atoms with Gasteiger partial charge in [0.05, 0.1) is 13.2 Å². The molecule has 3 N–H and O–H groups in total. The lowest BCUT2D eigenvalue weighted by Crippen LogP contribution is -3.28. The summed E-state index contributed by atoms with van der Waals surface area (Å²) in [4.78, 5) is 15.4. The molecule has 3 rings (SSSR count). The maximum atomic E-state index is 12.4. The Morgan fingerprint density at radius 2 is 1.64 bits per heavy atom. The minimum atomic E-state index is 0.121. The summed E-state index contributed by atoms with van der Waals surface area (Å²) in [5.74, 6) is 1.07. The largest absolute Gasteiger partial charge is 0.493 e. The highest BCUT2D eigenvalue weighted by Crippen LogP contribution is 2.14. The fourth-order valence-corrected chi connectivity index (χ4v) is 3.78. The molecule has 28 heavy (non-hydrogen) atoms. The third-order valence-corrected chi connectivity index (χ3v) is 5.43. The fourth-order valence-electron chi connectivity index (χ4n) is 3.78. The Bertz CT molecular complexity index is 728. The number of para-hydroxylation sites is 2. The molecular weight excluding hydrogens is 350 g/mol. The van der Waals surface area contributed by atoms with Gasteiger partial charge in [0.15, 0.2) is 6.54 Å². The van der Waals surface area contributed by atoms with Crippen LogP contribution < -0.4 is 19.9 Å². The molecule has 2 aromatic rings. The summed E-state index contributed by atoms with van der Waals surface area (Å²) in [7, 11) is 0. The average molecular weight is 384 g/mol. The summed E-state index contributed by atoms with van der Waals surface area (Å²) in [6.45, 7) is 8.93. The molecule has 150 valence electrons. The number of hydrogen-bond donors (Lipinski definition) is 3. The average Bonchev–Trinajstić information content (AvgIpc) is 2.73. The molecule has 5 nitrogen and oxygen atoms in total. The molecule has 1 saturated heterocycles. The van der Waals surface area contributed by atoms with E-state index in [4.69, 9.17) is 4.74 Å². The molecule has 0 bridgehead atoms. The summed E-state index contributed by atoms with van der Waals surface area (Å²) in [5.41, 5.74) is 2.15. The van der Waals surface area contributed by atoms with E-state index in [0.29, 0.717) is 6.54 Å². The van der Waals surface area contributed by atoms with E-state index in [1.54, 1.807) is 4.90 Å². The van der Waals surface area contributed by atoms with Gasteiger partial charge in [0.1, 0.15) is 31.9 Å². The van der Waals surface area contributed by atoms with Gasteiger partial charge < -0.3 is 19.9 Å². The summed E-state index contributed by atoms with van der Waals surface area (Å²) < 4.78 is 5.77. The Hall–Kier alpha value is -2.37. The number of hydrogen-bond acceptors (Lipinski definition) is 2. The minimum Gasteiger partial charge on any atom is -0.493 e. The number of carbonyl (C=O) groups excluding carboxylic acids is 1. The Morgan fingerprint density at radius 1 is 0.964 bits per heavy atom. The highest BCUT2D eigenvalue weighted by atomic mass is 16.5. The molecule has 0 aliphatic carbocycles. The Labute approximate surface area is 168 Å². The molecular formula is C23H33N3O2+2. The van der Waals surface area contributed by atoms with Crippen molar-refractivity contribution in [2.24, 2.45) is 0 Å². The van der Waals surface area contributed by atoms with Gasteiger partial charge in [0, 0.05) is 12.1 Å². The van der Waals surface area contributed by atoms with Gasteiger partial charge >= 0.3 is 0 Å². The number of anilines is 1. The van der Waals surface area contributed by atoms with Gasteiger partial charge in [0.25, 0.3) is 5.91 Å². The molecule has 1 aliphatic heterocycles. The van der Waals surface area contributed by atoms with Crippen molar-refractivity contribution >= 4 is 11.6 Å². The maximum absolute atomic E-state index is 12.4. The molecule has 0 saturated carbocycles. The van der Waals surface area contributed by atoms with Crippen LogP contribution >= 0.6 is 0 Å². The van der Waals surface area contributed by atoms with Crippen molar-refractivity contribution in [3.05, 3.63) is 60.2 Å². The SMILES string of the molecule is CCc1ccccc1NC(=O)C[NH+]1CC[NH+](CCCOc2ccccc2)CC1. The first-order valence-electron chi connectivity index (χ1n) is 10.5. The van der Waals surface area contributed by atoms with Crippen molar-refractivity contribution in [1.82, 2.24) is 0 Å². The summed E-state index contributed by atoms with van der Waals surface area (Å²) in [6.07, 6.45) is 1.99. The van der Waals surface area contributed by atoms with E-state index >= 15 is 0 Å². The second kappa shape index (κ2) is 10.8. The smallest absolute Gasteiger partial charge is 0.279 e. The van der Waals surface area contributed by atoms with E-state index in [1.165, 1.54) is 10.5 Å². The Balaban J connectivity index is 1.32. The van der Waals surface area contributed by atoms with Crippen LogP contribution in [0.15, 0.2) is 54.6 Å². The summed E-state index contributed by atoms with van der Waals surface area (Å²) in [6, 6.07) is 18.1. The van der Waals surface area contributed by atoms with Gasteiger partial charge in [-0.1, -0.05) is 43.3 Å². The first kappa shape index (κ1) is 20.4. The second-order valence-electron chi connectivity index (χ2n) is 7.50. The van der Waals surface area contributed by atoms with E-state index in [9.17, 15) is 4.79 Å². The van der Waals surface area contributed by atoms with Crippen LogP contribution in [0.3, 0.4) is 0 Å². The van der Waals surface area contributed by atoms with Gasteiger partial charge in [-0.2, -0.15) is 0 Å². The predicted molar refractivity (Wildman–Crippen MR) is 112 cm³/mol. The molecule has 0 aromatic heterocycles. The molecule has 0 spiro atoms. The van der Waals surface area contributed by atoms with E-state index in [0.717, 1.165) is 63.6 Å². The topological polar surface area (TPSA) is 47.2 Å². The van der Waals surface area contributed by atoms with Crippen molar-refractivity contribution in [2.45, 2.75) is 19.8 Å². The number of ether oxygens (including phenoxy) is 1. The molecule has 0 radical (unpaired) electrons. The number of carbonyl (C=O) groups is 1. The molecule has 5 heteroatoms. The number of quaternary nitrogens is 2. The lowest BCUT2D eigenvalue weighted by Gasteiger charge is -2.29. The maximum Gasteiger partial charge on any atom is 0.279 e. The van der Waals surface area contributed by atoms with Crippen LogP contribution in [-0.2, 0) is 11.2 Å². The van der Waals surface area contributed by atoms with E-state index in [1.807, 2.05) is 48.5 Å². The first-order valence-corrected chi connectivity index (χ1v) is 10.5. The Morgan fingerprint density at radius 3 is 2.39 bits per heavy atom. The number of aryl methyl sites for hydroxylation is 1. The third-order valence-electron chi connectivity index (χ3n) is 5.43. The third kappa shape index (κ3) is 6.36. The van der Waals surface area contributed by atoms with Crippen LogP contribution in [0.5, 0.6) is 5.75 Å². The van der Waals surface area contributed by atoms with Crippen LogP contribution in [0.1, 0.15) is 18.9 Å². The number of amides is 1.